The van der Waals surface area contributed by atoms with Crippen LogP contribution in [0.15, 0.2) is 46.1 Å². The van der Waals surface area contributed by atoms with Crippen molar-refractivity contribution in [2.75, 3.05) is 25.4 Å². The summed E-state index contributed by atoms with van der Waals surface area (Å²) in [5, 5.41) is 19.8. The van der Waals surface area contributed by atoms with Gasteiger partial charge in [-0.3, -0.25) is 9.69 Å². The van der Waals surface area contributed by atoms with E-state index in [0.29, 0.717) is 35.9 Å². The number of amides is 1. The number of ether oxygens (including phenoxy) is 2. The van der Waals surface area contributed by atoms with Crippen molar-refractivity contribution in [3.8, 4) is 17.3 Å². The number of nitrogens with two attached hydrogens (primary N) is 1. The van der Waals surface area contributed by atoms with Gasteiger partial charge in [-0.05, 0) is 66.2 Å². The second-order valence-corrected chi connectivity index (χ2v) is 8.97. The van der Waals surface area contributed by atoms with E-state index in [-0.39, 0.29) is 34.5 Å². The molecule has 0 fully saturated rings. The first kappa shape index (κ1) is 29.4. The number of anilines is 1. The number of hydrogen-bond acceptors (Lipinski definition) is 11. The summed E-state index contributed by atoms with van der Waals surface area (Å²) in [5.74, 6) is -0.275. The van der Waals surface area contributed by atoms with Gasteiger partial charge in [-0.25, -0.2) is 14.4 Å². The first-order valence-electron chi connectivity index (χ1n) is 12.8. The van der Waals surface area contributed by atoms with E-state index in [1.807, 2.05) is 20.8 Å². The molecule has 0 spiro atoms. The molecule has 0 aliphatic carbocycles. The third-order valence-electron chi connectivity index (χ3n) is 6.00. The van der Waals surface area contributed by atoms with Gasteiger partial charge in [0.1, 0.15) is 18.1 Å². The number of rotatable bonds is 13. The molecule has 0 saturated heterocycles. The third kappa shape index (κ3) is 6.96. The lowest BCUT2D eigenvalue weighted by Crippen LogP contribution is -2.27. The summed E-state index contributed by atoms with van der Waals surface area (Å²) in [7, 11) is 0. The van der Waals surface area contributed by atoms with Crippen LogP contribution in [-0.4, -0.2) is 62.0 Å². The lowest BCUT2D eigenvalue weighted by atomic mass is 10.2. The van der Waals surface area contributed by atoms with Crippen LogP contribution in [0.3, 0.4) is 0 Å². The highest BCUT2D eigenvalue weighted by atomic mass is 35.5. The predicted molar refractivity (Wildman–Crippen MR) is 149 cm³/mol. The molecule has 3 N–H and O–H groups in total. The van der Waals surface area contributed by atoms with Crippen molar-refractivity contribution in [3.63, 3.8) is 0 Å². The summed E-state index contributed by atoms with van der Waals surface area (Å²) in [6.07, 6.45) is 1.43. The van der Waals surface area contributed by atoms with Crippen molar-refractivity contribution in [2.24, 2.45) is 5.10 Å². The Morgan fingerprint density at radius 2 is 2.00 bits per heavy atom. The maximum atomic E-state index is 14.1. The van der Waals surface area contributed by atoms with Gasteiger partial charge in [0, 0.05) is 12.1 Å². The highest BCUT2D eigenvalue weighted by Crippen LogP contribution is 2.30. The third-order valence-corrected chi connectivity index (χ3v) is 6.35. The van der Waals surface area contributed by atoms with E-state index in [2.05, 4.69) is 40.7 Å². The second kappa shape index (κ2) is 13.7. The van der Waals surface area contributed by atoms with Crippen molar-refractivity contribution in [1.82, 2.24) is 35.6 Å². The standard InChI is InChI=1S/C26H29ClFN9O4/c1-4-36(5-2)14-20-23(37(35-31-20)25-24(29)33-41-34-25)26(38)32-30-13-16-10-11-21(22(12-16)39-6-3)40-15-17-18(27)8-7-9-19(17)28/h7-13H,4-6,14-15H2,1-3H3,(H2,29,33)(H,32,38)/b30-13+. The number of halogens is 2. The first-order valence-corrected chi connectivity index (χ1v) is 13.1. The molecular formula is C26H29ClFN9O4. The van der Waals surface area contributed by atoms with E-state index >= 15 is 0 Å². The van der Waals surface area contributed by atoms with E-state index in [9.17, 15) is 9.18 Å². The Morgan fingerprint density at radius 3 is 2.68 bits per heavy atom. The minimum atomic E-state index is -0.595. The Balaban J connectivity index is 1.52. The monoisotopic (exact) mass is 585 g/mol. The molecule has 0 aliphatic rings. The van der Waals surface area contributed by atoms with Crippen molar-refractivity contribution in [2.45, 2.75) is 33.9 Å². The Hall–Kier alpha value is -4.56. The molecule has 0 bridgehead atoms. The number of carbonyl (C=O) groups is 1. The van der Waals surface area contributed by atoms with E-state index in [1.54, 1.807) is 24.3 Å². The van der Waals surface area contributed by atoms with Gasteiger partial charge in [-0.1, -0.05) is 36.7 Å². The number of hydrazone groups is 1. The Kier molecular flexibility index (Phi) is 9.81. The van der Waals surface area contributed by atoms with Gasteiger partial charge in [0.15, 0.2) is 17.2 Å². The topological polar surface area (TPSA) is 159 Å². The SMILES string of the molecule is CCOc1cc(/C=N/NC(=O)c2c(CN(CC)CC)nnn2-c2nonc2N)ccc1OCc1c(F)cccc1Cl. The Bertz CT molecular complexity index is 1500. The van der Waals surface area contributed by atoms with Gasteiger partial charge in [-0.15, -0.1) is 5.10 Å². The largest absolute Gasteiger partial charge is 0.490 e. The maximum Gasteiger partial charge on any atom is 0.292 e. The first-order chi connectivity index (χ1) is 19.9. The quantitative estimate of drug-likeness (QED) is 0.175. The minimum Gasteiger partial charge on any atom is -0.490 e. The summed E-state index contributed by atoms with van der Waals surface area (Å²) < 4.78 is 31.5. The second-order valence-electron chi connectivity index (χ2n) is 8.56. The van der Waals surface area contributed by atoms with Crippen molar-refractivity contribution in [3.05, 3.63) is 69.8 Å². The lowest BCUT2D eigenvalue weighted by molar-refractivity contribution is 0.0945. The van der Waals surface area contributed by atoms with Crippen LogP contribution >= 0.6 is 11.6 Å². The molecule has 2 heterocycles. The summed E-state index contributed by atoms with van der Waals surface area (Å²) in [5.41, 5.74) is 9.65. The molecular weight excluding hydrogens is 557 g/mol. The van der Waals surface area contributed by atoms with E-state index in [0.717, 1.165) is 17.8 Å². The molecule has 15 heteroatoms. The predicted octanol–water partition coefficient (Wildman–Crippen LogP) is 3.61. The highest BCUT2D eigenvalue weighted by Gasteiger charge is 2.25. The number of carbonyl (C=O) groups excluding carboxylic acids is 1. The van der Waals surface area contributed by atoms with Gasteiger partial charge >= 0.3 is 0 Å². The Labute approximate surface area is 240 Å². The van der Waals surface area contributed by atoms with E-state index < -0.39 is 11.7 Å². The summed E-state index contributed by atoms with van der Waals surface area (Å²) in [6.45, 7) is 7.94. The molecule has 41 heavy (non-hydrogen) atoms. The van der Waals surface area contributed by atoms with Gasteiger partial charge in [0.2, 0.25) is 11.6 Å². The van der Waals surface area contributed by atoms with Crippen LogP contribution in [0.4, 0.5) is 10.2 Å². The Morgan fingerprint density at radius 1 is 1.20 bits per heavy atom. The maximum absolute atomic E-state index is 14.1. The van der Waals surface area contributed by atoms with E-state index in [1.165, 1.54) is 18.3 Å². The van der Waals surface area contributed by atoms with Crippen LogP contribution in [0.1, 0.15) is 48.1 Å². The molecule has 2 aromatic carbocycles. The number of hydrogen-bond donors (Lipinski definition) is 2. The fraction of sp³-hybridized carbons (Fsp3) is 0.308. The number of nitrogens with zero attached hydrogens (tertiary/aromatic N) is 7. The molecule has 0 atom stereocenters. The van der Waals surface area contributed by atoms with E-state index in [4.69, 9.17) is 26.8 Å². The zero-order chi connectivity index (χ0) is 29.4. The summed E-state index contributed by atoms with van der Waals surface area (Å²) in [4.78, 5) is 15.3. The van der Waals surface area contributed by atoms with Gasteiger partial charge < -0.3 is 15.2 Å². The molecule has 0 aliphatic heterocycles. The normalized spacial score (nSPS) is 11.4. The number of aromatic nitrogens is 5. The minimum absolute atomic E-state index is 0.0334. The highest BCUT2D eigenvalue weighted by molar-refractivity contribution is 6.31. The van der Waals surface area contributed by atoms with Crippen LogP contribution in [0.5, 0.6) is 11.5 Å². The zero-order valence-corrected chi connectivity index (χ0v) is 23.4. The average Bonchev–Trinajstić information content (AvgIpc) is 3.57. The van der Waals surface area contributed by atoms with Crippen molar-refractivity contribution >= 4 is 29.5 Å². The molecule has 216 valence electrons. The molecule has 1 amide bonds. The molecule has 4 rings (SSSR count). The number of benzene rings is 2. The van der Waals surface area contributed by atoms with Crippen LogP contribution in [0.2, 0.25) is 5.02 Å². The van der Waals surface area contributed by atoms with Crippen LogP contribution < -0.4 is 20.6 Å². The average molecular weight is 586 g/mol. The lowest BCUT2D eigenvalue weighted by Gasteiger charge is -2.16. The summed E-state index contributed by atoms with van der Waals surface area (Å²) >= 11 is 6.10. The number of nitrogens with one attached hydrogen (secondary N) is 1. The van der Waals surface area contributed by atoms with Gasteiger partial charge in [-0.2, -0.15) is 9.78 Å². The van der Waals surface area contributed by atoms with Crippen molar-refractivity contribution < 1.29 is 23.3 Å². The van der Waals surface area contributed by atoms with Crippen molar-refractivity contribution in [1.29, 1.82) is 0 Å². The summed E-state index contributed by atoms with van der Waals surface area (Å²) in [6, 6.07) is 9.47. The van der Waals surface area contributed by atoms with Crippen LogP contribution in [0, 0.1) is 5.82 Å². The molecule has 4 aromatic rings. The van der Waals surface area contributed by atoms with Crippen LogP contribution in [0.25, 0.3) is 5.82 Å². The zero-order valence-electron chi connectivity index (χ0n) is 22.7. The molecule has 13 nitrogen and oxygen atoms in total. The van der Waals surface area contributed by atoms with Gasteiger partial charge in [0.25, 0.3) is 5.91 Å². The fourth-order valence-corrected chi connectivity index (χ4v) is 4.04. The van der Waals surface area contributed by atoms with Gasteiger partial charge in [0.05, 0.1) is 17.8 Å². The molecule has 0 unspecified atom stereocenters. The number of nitrogen functional groups attached to an aromatic ring is 1. The molecule has 0 saturated carbocycles. The molecule has 2 aromatic heterocycles. The molecule has 0 radical (unpaired) electrons. The van der Waals surface area contributed by atoms with Crippen LogP contribution in [-0.2, 0) is 13.2 Å². The smallest absolute Gasteiger partial charge is 0.292 e. The fourth-order valence-electron chi connectivity index (χ4n) is 3.82.